The second-order valence-electron chi connectivity index (χ2n) is 6.12. The lowest BCUT2D eigenvalue weighted by Gasteiger charge is -2.38. The molecule has 0 bridgehead atoms. The molecule has 2 aromatic rings. The van der Waals surface area contributed by atoms with E-state index in [0.717, 1.165) is 23.1 Å². The minimum absolute atomic E-state index is 0.435. The van der Waals surface area contributed by atoms with Crippen molar-refractivity contribution in [3.63, 3.8) is 0 Å². The number of carboxylic acids is 1. The zero-order chi connectivity index (χ0) is 16.4. The molecule has 1 fully saturated rings. The lowest BCUT2D eigenvalue weighted by Crippen LogP contribution is -2.42. The Balaban J connectivity index is 1.85. The number of hydrogen-bond acceptors (Lipinski definition) is 2. The number of ether oxygens (including phenoxy) is 1. The summed E-state index contributed by atoms with van der Waals surface area (Å²) in [6.07, 6.45) is 2.28. The van der Waals surface area contributed by atoms with Gasteiger partial charge in [-0.1, -0.05) is 54.4 Å². The van der Waals surface area contributed by atoms with Crippen LogP contribution in [0.2, 0.25) is 5.02 Å². The molecule has 3 nitrogen and oxygen atoms in total. The summed E-state index contributed by atoms with van der Waals surface area (Å²) in [5.74, 6) is -0.142. The summed E-state index contributed by atoms with van der Waals surface area (Å²) >= 11 is 6.37. The first-order chi connectivity index (χ1) is 11.0. The molecule has 0 aromatic heterocycles. The molecule has 23 heavy (non-hydrogen) atoms. The van der Waals surface area contributed by atoms with E-state index in [-0.39, 0.29) is 0 Å². The standard InChI is InChI=1S/C19H19ClO3/c1-13-10-15(19(18(21)22)8-5-9-19)11-16(20)17(13)23-12-14-6-3-2-4-7-14/h2-4,6-7,10-11H,5,8-9,12H2,1H3,(H,21,22). The molecule has 0 heterocycles. The number of aryl methyl sites for hydroxylation is 1. The van der Waals surface area contributed by atoms with Gasteiger partial charge >= 0.3 is 5.97 Å². The number of hydrogen-bond donors (Lipinski definition) is 1. The van der Waals surface area contributed by atoms with E-state index in [0.29, 0.717) is 30.2 Å². The molecular formula is C19H19ClO3. The molecule has 0 spiro atoms. The Bertz CT molecular complexity index is 698. The fourth-order valence-corrected chi connectivity index (χ4v) is 3.40. The third-order valence-corrected chi connectivity index (χ3v) is 4.91. The molecule has 1 aliphatic rings. The first-order valence-electron chi connectivity index (χ1n) is 7.74. The van der Waals surface area contributed by atoms with Crippen molar-refractivity contribution in [1.29, 1.82) is 0 Å². The van der Waals surface area contributed by atoms with Gasteiger partial charge in [0.2, 0.25) is 0 Å². The van der Waals surface area contributed by atoms with Crippen LogP contribution in [0.25, 0.3) is 0 Å². The highest BCUT2D eigenvalue weighted by atomic mass is 35.5. The van der Waals surface area contributed by atoms with Crippen molar-refractivity contribution in [2.45, 2.75) is 38.2 Å². The second-order valence-corrected chi connectivity index (χ2v) is 6.53. The SMILES string of the molecule is Cc1cc(C2(C(=O)O)CCC2)cc(Cl)c1OCc1ccccc1. The van der Waals surface area contributed by atoms with Gasteiger partial charge in [0, 0.05) is 0 Å². The minimum Gasteiger partial charge on any atom is -0.487 e. The molecule has 0 unspecified atom stereocenters. The summed E-state index contributed by atoms with van der Waals surface area (Å²) in [4.78, 5) is 11.6. The molecule has 0 saturated heterocycles. The summed E-state index contributed by atoms with van der Waals surface area (Å²) in [5.41, 5.74) is 1.95. The van der Waals surface area contributed by atoms with Crippen LogP contribution < -0.4 is 4.74 Å². The highest BCUT2D eigenvalue weighted by molar-refractivity contribution is 6.32. The Morgan fingerprint density at radius 3 is 2.48 bits per heavy atom. The predicted octanol–water partition coefficient (Wildman–Crippen LogP) is 4.73. The fourth-order valence-electron chi connectivity index (χ4n) is 3.08. The van der Waals surface area contributed by atoms with E-state index in [9.17, 15) is 9.90 Å². The van der Waals surface area contributed by atoms with Crippen LogP contribution in [0.5, 0.6) is 5.75 Å². The van der Waals surface area contributed by atoms with E-state index in [1.165, 1.54) is 0 Å². The van der Waals surface area contributed by atoms with Gasteiger partial charge in [0.05, 0.1) is 10.4 Å². The van der Waals surface area contributed by atoms with Crippen LogP contribution in [0.3, 0.4) is 0 Å². The number of carbonyl (C=O) groups is 1. The minimum atomic E-state index is -0.771. The van der Waals surface area contributed by atoms with Crippen molar-refractivity contribution in [1.82, 2.24) is 0 Å². The maximum absolute atomic E-state index is 11.6. The van der Waals surface area contributed by atoms with Gasteiger partial charge in [0.25, 0.3) is 0 Å². The third kappa shape index (κ3) is 2.93. The second kappa shape index (κ2) is 6.25. The Morgan fingerprint density at radius 1 is 1.26 bits per heavy atom. The van der Waals surface area contributed by atoms with Gasteiger partial charge in [-0.05, 0) is 42.5 Å². The van der Waals surface area contributed by atoms with E-state index < -0.39 is 11.4 Å². The van der Waals surface area contributed by atoms with Crippen molar-refractivity contribution in [3.8, 4) is 5.75 Å². The molecule has 4 heteroatoms. The Hall–Kier alpha value is -2.00. The van der Waals surface area contributed by atoms with Gasteiger partial charge in [0.15, 0.2) is 0 Å². The van der Waals surface area contributed by atoms with Crippen LogP contribution in [-0.4, -0.2) is 11.1 Å². The van der Waals surface area contributed by atoms with Crippen molar-refractivity contribution < 1.29 is 14.6 Å². The largest absolute Gasteiger partial charge is 0.487 e. The lowest BCUT2D eigenvalue weighted by atomic mass is 9.64. The first kappa shape index (κ1) is 15.9. The summed E-state index contributed by atoms with van der Waals surface area (Å²) < 4.78 is 5.85. The van der Waals surface area contributed by atoms with E-state index in [1.807, 2.05) is 43.3 Å². The smallest absolute Gasteiger partial charge is 0.314 e. The average Bonchev–Trinajstić information content (AvgIpc) is 2.46. The summed E-state index contributed by atoms with van der Waals surface area (Å²) in [6, 6.07) is 13.5. The van der Waals surface area contributed by atoms with E-state index in [2.05, 4.69) is 0 Å². The molecular weight excluding hydrogens is 312 g/mol. The highest BCUT2D eigenvalue weighted by Gasteiger charge is 2.46. The van der Waals surface area contributed by atoms with Crippen LogP contribution in [-0.2, 0) is 16.8 Å². The normalized spacial score (nSPS) is 15.7. The Morgan fingerprint density at radius 2 is 1.96 bits per heavy atom. The van der Waals surface area contributed by atoms with Crippen LogP contribution >= 0.6 is 11.6 Å². The zero-order valence-corrected chi connectivity index (χ0v) is 13.8. The first-order valence-corrected chi connectivity index (χ1v) is 8.11. The molecule has 2 aromatic carbocycles. The molecule has 0 aliphatic heterocycles. The zero-order valence-electron chi connectivity index (χ0n) is 13.0. The molecule has 1 aliphatic carbocycles. The Labute approximate surface area is 140 Å². The van der Waals surface area contributed by atoms with Crippen molar-refractivity contribution in [2.75, 3.05) is 0 Å². The predicted molar refractivity (Wildman–Crippen MR) is 90.1 cm³/mol. The molecule has 3 rings (SSSR count). The number of rotatable bonds is 5. The molecule has 0 atom stereocenters. The topological polar surface area (TPSA) is 46.5 Å². The average molecular weight is 331 g/mol. The Kier molecular flexibility index (Phi) is 4.31. The summed E-state index contributed by atoms with van der Waals surface area (Å²) in [5, 5.41) is 10.0. The maximum atomic E-state index is 11.6. The van der Waals surface area contributed by atoms with Crippen LogP contribution in [0.4, 0.5) is 0 Å². The summed E-state index contributed by atoms with van der Waals surface area (Å²) in [6.45, 7) is 2.34. The van der Waals surface area contributed by atoms with E-state index in [1.54, 1.807) is 6.07 Å². The van der Waals surface area contributed by atoms with Crippen LogP contribution in [0, 0.1) is 6.92 Å². The number of halogens is 1. The maximum Gasteiger partial charge on any atom is 0.314 e. The van der Waals surface area contributed by atoms with Gasteiger partial charge in [-0.2, -0.15) is 0 Å². The molecule has 0 radical (unpaired) electrons. The van der Waals surface area contributed by atoms with Crippen molar-refractivity contribution in [3.05, 3.63) is 64.2 Å². The molecule has 120 valence electrons. The van der Waals surface area contributed by atoms with Gasteiger partial charge in [0.1, 0.15) is 12.4 Å². The monoisotopic (exact) mass is 330 g/mol. The van der Waals surface area contributed by atoms with Gasteiger partial charge in [-0.15, -0.1) is 0 Å². The lowest BCUT2D eigenvalue weighted by molar-refractivity contribution is -0.147. The summed E-state index contributed by atoms with van der Waals surface area (Å²) in [7, 11) is 0. The van der Waals surface area contributed by atoms with Crippen molar-refractivity contribution in [2.24, 2.45) is 0 Å². The molecule has 1 saturated carbocycles. The van der Waals surface area contributed by atoms with Gasteiger partial charge in [-0.3, -0.25) is 4.79 Å². The number of benzene rings is 2. The number of aliphatic carboxylic acids is 1. The van der Waals surface area contributed by atoms with Gasteiger partial charge in [-0.25, -0.2) is 0 Å². The molecule has 0 amide bonds. The van der Waals surface area contributed by atoms with E-state index >= 15 is 0 Å². The van der Waals surface area contributed by atoms with E-state index in [4.69, 9.17) is 16.3 Å². The van der Waals surface area contributed by atoms with Crippen LogP contribution in [0.1, 0.15) is 36.0 Å². The van der Waals surface area contributed by atoms with Crippen LogP contribution in [0.15, 0.2) is 42.5 Å². The quantitative estimate of drug-likeness (QED) is 0.861. The molecule has 1 N–H and O–H groups in total. The highest BCUT2D eigenvalue weighted by Crippen LogP contribution is 2.46. The third-order valence-electron chi connectivity index (χ3n) is 4.62. The fraction of sp³-hybridized carbons (Fsp3) is 0.316. The number of carboxylic acid groups (broad SMARTS) is 1. The van der Waals surface area contributed by atoms with Crippen molar-refractivity contribution >= 4 is 17.6 Å². The van der Waals surface area contributed by atoms with Gasteiger partial charge < -0.3 is 9.84 Å².